The molecular formula is C16H20BrNO. The van der Waals surface area contributed by atoms with Crippen LogP contribution in [0, 0.1) is 5.92 Å². The predicted octanol–water partition coefficient (Wildman–Crippen LogP) is 3.79. The Morgan fingerprint density at radius 1 is 1.21 bits per heavy atom. The molecule has 1 amide bonds. The van der Waals surface area contributed by atoms with Crippen LogP contribution in [-0.4, -0.2) is 12.5 Å². The zero-order valence-corrected chi connectivity index (χ0v) is 12.7. The molecular weight excluding hydrogens is 302 g/mol. The second kappa shape index (κ2) is 5.28. The van der Waals surface area contributed by atoms with E-state index in [9.17, 15) is 4.79 Å². The third-order valence-electron chi connectivity index (χ3n) is 4.61. The van der Waals surface area contributed by atoms with Crippen molar-refractivity contribution in [1.82, 2.24) is 5.32 Å². The summed E-state index contributed by atoms with van der Waals surface area (Å²) in [6.07, 6.45) is 7.21. The van der Waals surface area contributed by atoms with Gasteiger partial charge in [-0.25, -0.2) is 0 Å². The summed E-state index contributed by atoms with van der Waals surface area (Å²) >= 11 is 3.44. The normalized spacial score (nSPS) is 21.3. The highest BCUT2D eigenvalue weighted by Gasteiger charge is 2.51. The van der Waals surface area contributed by atoms with Gasteiger partial charge in [-0.15, -0.1) is 0 Å². The molecule has 0 aromatic heterocycles. The molecule has 19 heavy (non-hydrogen) atoms. The molecule has 2 saturated carbocycles. The van der Waals surface area contributed by atoms with Gasteiger partial charge in [0.25, 0.3) is 0 Å². The van der Waals surface area contributed by atoms with Crippen LogP contribution < -0.4 is 5.32 Å². The first-order valence-electron chi connectivity index (χ1n) is 7.25. The second-order valence-electron chi connectivity index (χ2n) is 5.95. The number of hydrogen-bond acceptors (Lipinski definition) is 1. The van der Waals surface area contributed by atoms with Crippen molar-refractivity contribution in [3.05, 3.63) is 34.3 Å². The van der Waals surface area contributed by atoms with Crippen LogP contribution >= 0.6 is 15.9 Å². The van der Waals surface area contributed by atoms with Crippen LogP contribution in [0.2, 0.25) is 0 Å². The van der Waals surface area contributed by atoms with Gasteiger partial charge in [0, 0.05) is 11.0 Å². The average molecular weight is 322 g/mol. The molecule has 0 spiro atoms. The lowest BCUT2D eigenvalue weighted by Gasteiger charge is -2.18. The number of amides is 1. The van der Waals surface area contributed by atoms with E-state index in [1.165, 1.54) is 31.2 Å². The molecule has 2 nitrogen and oxygen atoms in total. The standard InChI is InChI=1S/C16H20BrNO/c17-14-7-5-13(6-8-14)16(9-10-16)15(19)18-11-12-3-1-2-4-12/h5-8,12H,1-4,9-11H2,(H,18,19). The molecule has 0 radical (unpaired) electrons. The van der Waals surface area contributed by atoms with Crippen molar-refractivity contribution in [3.63, 3.8) is 0 Å². The summed E-state index contributed by atoms with van der Waals surface area (Å²) in [5, 5.41) is 3.19. The minimum Gasteiger partial charge on any atom is -0.355 e. The Hall–Kier alpha value is -0.830. The summed E-state index contributed by atoms with van der Waals surface area (Å²) < 4.78 is 1.07. The molecule has 0 unspecified atom stereocenters. The van der Waals surface area contributed by atoms with Crippen molar-refractivity contribution < 1.29 is 4.79 Å². The predicted molar refractivity (Wildman–Crippen MR) is 80.0 cm³/mol. The molecule has 0 heterocycles. The molecule has 2 fully saturated rings. The fourth-order valence-electron chi connectivity index (χ4n) is 3.16. The highest BCUT2D eigenvalue weighted by molar-refractivity contribution is 9.10. The fourth-order valence-corrected chi connectivity index (χ4v) is 3.43. The van der Waals surface area contributed by atoms with E-state index in [4.69, 9.17) is 0 Å². The molecule has 1 aromatic rings. The first-order chi connectivity index (χ1) is 9.21. The second-order valence-corrected chi connectivity index (χ2v) is 6.87. The van der Waals surface area contributed by atoms with Crippen molar-refractivity contribution in [2.75, 3.05) is 6.54 Å². The first kappa shape index (κ1) is 13.2. The maximum atomic E-state index is 12.4. The zero-order valence-electron chi connectivity index (χ0n) is 11.1. The highest BCUT2D eigenvalue weighted by atomic mass is 79.9. The van der Waals surface area contributed by atoms with Crippen molar-refractivity contribution in [1.29, 1.82) is 0 Å². The Morgan fingerprint density at radius 3 is 2.42 bits per heavy atom. The summed E-state index contributed by atoms with van der Waals surface area (Å²) in [5.74, 6) is 0.950. The van der Waals surface area contributed by atoms with Gasteiger partial charge in [-0.3, -0.25) is 4.79 Å². The van der Waals surface area contributed by atoms with Gasteiger partial charge in [0.15, 0.2) is 0 Å². The van der Waals surface area contributed by atoms with Crippen LogP contribution in [0.25, 0.3) is 0 Å². The third-order valence-corrected chi connectivity index (χ3v) is 5.14. The largest absolute Gasteiger partial charge is 0.355 e. The monoisotopic (exact) mass is 321 g/mol. The maximum Gasteiger partial charge on any atom is 0.230 e. The van der Waals surface area contributed by atoms with Crippen LogP contribution in [0.3, 0.4) is 0 Å². The van der Waals surface area contributed by atoms with Crippen molar-refractivity contribution >= 4 is 21.8 Å². The highest BCUT2D eigenvalue weighted by Crippen LogP contribution is 2.48. The Labute approximate surface area is 123 Å². The van der Waals surface area contributed by atoms with Gasteiger partial charge in [-0.2, -0.15) is 0 Å². The molecule has 2 aliphatic carbocycles. The Bertz CT molecular complexity index is 458. The molecule has 0 bridgehead atoms. The first-order valence-corrected chi connectivity index (χ1v) is 8.04. The van der Waals surface area contributed by atoms with Crippen LogP contribution in [0.15, 0.2) is 28.7 Å². The summed E-state index contributed by atoms with van der Waals surface area (Å²) in [6, 6.07) is 8.21. The number of hydrogen-bond donors (Lipinski definition) is 1. The Morgan fingerprint density at radius 2 is 1.84 bits per heavy atom. The minimum absolute atomic E-state index is 0.223. The zero-order chi connectivity index (χ0) is 13.3. The van der Waals surface area contributed by atoms with Crippen molar-refractivity contribution in [2.24, 2.45) is 5.92 Å². The lowest BCUT2D eigenvalue weighted by atomic mass is 9.94. The van der Waals surface area contributed by atoms with Crippen molar-refractivity contribution in [3.8, 4) is 0 Å². The summed E-state index contributed by atoms with van der Waals surface area (Å²) in [7, 11) is 0. The Balaban J connectivity index is 1.63. The number of nitrogens with one attached hydrogen (secondary N) is 1. The molecule has 1 aromatic carbocycles. The summed E-state index contributed by atoms with van der Waals surface area (Å²) in [5.41, 5.74) is 0.943. The number of carbonyl (C=O) groups excluding carboxylic acids is 1. The smallest absolute Gasteiger partial charge is 0.230 e. The number of halogens is 1. The van der Waals surface area contributed by atoms with Crippen LogP contribution in [0.1, 0.15) is 44.1 Å². The van der Waals surface area contributed by atoms with E-state index >= 15 is 0 Å². The number of rotatable bonds is 4. The maximum absolute atomic E-state index is 12.4. The van der Waals surface area contributed by atoms with E-state index in [0.29, 0.717) is 5.92 Å². The summed E-state index contributed by atoms with van der Waals surface area (Å²) in [4.78, 5) is 12.4. The van der Waals surface area contributed by atoms with E-state index < -0.39 is 0 Å². The molecule has 0 saturated heterocycles. The van der Waals surface area contributed by atoms with Crippen LogP contribution in [0.5, 0.6) is 0 Å². The van der Waals surface area contributed by atoms with Crippen molar-refractivity contribution in [2.45, 2.75) is 43.9 Å². The van der Waals surface area contributed by atoms with Gasteiger partial charge in [-0.05, 0) is 49.3 Å². The van der Waals surface area contributed by atoms with E-state index in [1.807, 2.05) is 12.1 Å². The van der Waals surface area contributed by atoms with Crippen LogP contribution in [0.4, 0.5) is 0 Å². The molecule has 0 atom stereocenters. The van der Waals surface area contributed by atoms with Crippen LogP contribution in [-0.2, 0) is 10.2 Å². The van der Waals surface area contributed by atoms with Gasteiger partial charge >= 0.3 is 0 Å². The molecule has 3 heteroatoms. The van der Waals surface area contributed by atoms with E-state index in [1.54, 1.807) is 0 Å². The lowest BCUT2D eigenvalue weighted by Crippen LogP contribution is -2.37. The van der Waals surface area contributed by atoms with E-state index in [0.717, 1.165) is 23.9 Å². The average Bonchev–Trinajstić information content (AvgIpc) is 3.07. The van der Waals surface area contributed by atoms with E-state index in [-0.39, 0.29) is 11.3 Å². The fraction of sp³-hybridized carbons (Fsp3) is 0.562. The minimum atomic E-state index is -0.223. The topological polar surface area (TPSA) is 29.1 Å². The third kappa shape index (κ3) is 2.71. The SMILES string of the molecule is O=C(NCC1CCCC1)C1(c2ccc(Br)cc2)CC1. The van der Waals surface area contributed by atoms with Gasteiger partial charge in [0.1, 0.15) is 0 Å². The number of benzene rings is 1. The molecule has 102 valence electrons. The molecule has 1 N–H and O–H groups in total. The van der Waals surface area contributed by atoms with E-state index in [2.05, 4.69) is 33.4 Å². The molecule has 2 aliphatic rings. The number of carbonyl (C=O) groups is 1. The Kier molecular flexibility index (Phi) is 3.66. The van der Waals surface area contributed by atoms with Gasteiger partial charge < -0.3 is 5.32 Å². The molecule has 0 aliphatic heterocycles. The van der Waals surface area contributed by atoms with Gasteiger partial charge in [0.2, 0.25) is 5.91 Å². The molecule has 3 rings (SSSR count). The van der Waals surface area contributed by atoms with Gasteiger partial charge in [-0.1, -0.05) is 40.9 Å². The quantitative estimate of drug-likeness (QED) is 0.898. The lowest BCUT2D eigenvalue weighted by molar-refractivity contribution is -0.123. The van der Waals surface area contributed by atoms with Gasteiger partial charge in [0.05, 0.1) is 5.41 Å². The summed E-state index contributed by atoms with van der Waals surface area (Å²) in [6.45, 7) is 0.872.